The van der Waals surface area contributed by atoms with Gasteiger partial charge in [0.15, 0.2) is 24.6 Å². The fourth-order valence-corrected chi connectivity index (χ4v) is 4.90. The molecular weight excluding hydrogens is 600 g/mol. The molecule has 242 valence electrons. The van der Waals surface area contributed by atoms with Crippen LogP contribution in [0.2, 0.25) is 0 Å². The van der Waals surface area contributed by atoms with Crippen molar-refractivity contribution >= 4 is 17.9 Å². The van der Waals surface area contributed by atoms with Crippen molar-refractivity contribution in [2.45, 2.75) is 37.3 Å². The Hall–Kier alpha value is -5.08. The van der Waals surface area contributed by atoms with Gasteiger partial charge in [-0.1, -0.05) is 72.8 Å². The lowest BCUT2D eigenvalue weighted by Gasteiger charge is -2.22. The van der Waals surface area contributed by atoms with Crippen LogP contribution >= 0.6 is 0 Å². The molecule has 0 spiro atoms. The number of aromatic nitrogens is 1. The van der Waals surface area contributed by atoms with E-state index in [0.717, 1.165) is 41.1 Å². The van der Waals surface area contributed by atoms with Crippen LogP contribution in [0, 0.1) is 0 Å². The minimum absolute atomic E-state index is 0.0497. The van der Waals surface area contributed by atoms with Gasteiger partial charge in [-0.25, -0.2) is 19.4 Å². The van der Waals surface area contributed by atoms with Crippen molar-refractivity contribution in [1.29, 1.82) is 0 Å². The van der Waals surface area contributed by atoms with Crippen molar-refractivity contribution in [2.24, 2.45) is 0 Å². The van der Waals surface area contributed by atoms with Crippen LogP contribution in [0.25, 0.3) is 22.6 Å². The summed E-state index contributed by atoms with van der Waals surface area (Å²) in [5.74, 6) is -2.60. The number of carbonyl (C=O) groups is 3. The first-order valence-corrected chi connectivity index (χ1v) is 14.2. The van der Waals surface area contributed by atoms with E-state index in [2.05, 4.69) is 4.90 Å². The molecule has 13 nitrogen and oxygen atoms in total. The zero-order chi connectivity index (χ0) is 33.2. The third-order valence-electron chi connectivity index (χ3n) is 7.16. The molecule has 4 atom stereocenters. The number of methoxy groups -OCH3 is 1. The van der Waals surface area contributed by atoms with Crippen LogP contribution in [-0.2, 0) is 25.7 Å². The van der Waals surface area contributed by atoms with Crippen molar-refractivity contribution in [3.05, 3.63) is 96.4 Å². The van der Waals surface area contributed by atoms with Crippen molar-refractivity contribution in [3.63, 3.8) is 0 Å². The predicted octanol–water partition coefficient (Wildman–Crippen LogP) is 3.31. The average Bonchev–Trinajstić information content (AvgIpc) is 3.69. The highest BCUT2D eigenvalue weighted by Gasteiger charge is 2.37. The molecule has 1 aliphatic heterocycles. The van der Waals surface area contributed by atoms with Crippen LogP contribution in [0.1, 0.15) is 23.9 Å². The van der Waals surface area contributed by atoms with Crippen molar-refractivity contribution in [1.82, 2.24) is 9.88 Å². The van der Waals surface area contributed by atoms with Gasteiger partial charge in [-0.3, -0.25) is 4.90 Å². The number of aliphatic carboxylic acids is 3. The third-order valence-corrected chi connectivity index (χ3v) is 7.16. The molecule has 1 aliphatic rings. The number of benzene rings is 3. The number of aliphatic hydroxyl groups excluding tert-OH is 2. The topological polar surface area (TPSA) is 200 Å². The smallest absolute Gasteiger partial charge is 0.341 e. The first-order chi connectivity index (χ1) is 22.1. The Morgan fingerprint density at radius 3 is 2.07 bits per heavy atom. The van der Waals surface area contributed by atoms with E-state index >= 15 is 0 Å². The number of hydrogen-bond donors (Lipinski definition) is 5. The second-order valence-corrected chi connectivity index (χ2v) is 10.4. The van der Waals surface area contributed by atoms with Crippen LogP contribution < -0.4 is 4.74 Å². The van der Waals surface area contributed by atoms with Crippen LogP contribution in [0.3, 0.4) is 0 Å². The van der Waals surface area contributed by atoms with Gasteiger partial charge in [0.05, 0.1) is 12.1 Å². The normalized spacial score (nSPS) is 17.4. The molecule has 1 fully saturated rings. The van der Waals surface area contributed by atoms with Gasteiger partial charge >= 0.3 is 17.9 Å². The number of hydrogen-bond acceptors (Lipinski definition) is 10. The van der Waals surface area contributed by atoms with E-state index in [9.17, 15) is 14.4 Å². The van der Waals surface area contributed by atoms with Gasteiger partial charge in [0.25, 0.3) is 0 Å². The maximum atomic E-state index is 10.9. The third kappa shape index (κ3) is 8.76. The van der Waals surface area contributed by atoms with Gasteiger partial charge in [0.2, 0.25) is 5.89 Å². The van der Waals surface area contributed by atoms with E-state index in [1.165, 1.54) is 0 Å². The molecule has 5 N–H and O–H groups in total. The molecule has 1 aromatic heterocycles. The van der Waals surface area contributed by atoms with Gasteiger partial charge < -0.3 is 39.4 Å². The molecule has 5 rings (SSSR count). The van der Waals surface area contributed by atoms with Gasteiger partial charge in [-0.15, -0.1) is 0 Å². The average molecular weight is 635 g/mol. The van der Waals surface area contributed by atoms with Crippen LogP contribution in [0.5, 0.6) is 5.75 Å². The minimum Gasteiger partial charge on any atom is -0.482 e. The summed E-state index contributed by atoms with van der Waals surface area (Å²) in [6, 6.07) is 27.6. The molecule has 0 bridgehead atoms. The number of carboxylic acids is 3. The summed E-state index contributed by atoms with van der Waals surface area (Å²) in [6.45, 7) is 0.978. The fourth-order valence-electron chi connectivity index (χ4n) is 4.90. The number of carboxylic acid groups (broad SMARTS) is 3. The lowest BCUT2D eigenvalue weighted by atomic mass is 10.1. The molecule has 0 aliphatic carbocycles. The Kier molecular flexibility index (Phi) is 11.6. The van der Waals surface area contributed by atoms with Crippen LogP contribution in [-0.4, -0.2) is 91.9 Å². The maximum Gasteiger partial charge on any atom is 0.341 e. The minimum atomic E-state index is -2.27. The summed E-state index contributed by atoms with van der Waals surface area (Å²) in [4.78, 5) is 37.7. The molecule has 4 aromatic rings. The lowest BCUT2D eigenvalue weighted by Crippen LogP contribution is -2.39. The van der Waals surface area contributed by atoms with Crippen molar-refractivity contribution < 1.29 is 53.8 Å². The maximum absolute atomic E-state index is 10.9. The van der Waals surface area contributed by atoms with Gasteiger partial charge in [0, 0.05) is 31.3 Å². The van der Waals surface area contributed by atoms with E-state index in [1.807, 2.05) is 78.9 Å². The molecule has 0 saturated carbocycles. The molecule has 1 saturated heterocycles. The van der Waals surface area contributed by atoms with Gasteiger partial charge in [0.1, 0.15) is 11.4 Å². The van der Waals surface area contributed by atoms with E-state index in [-0.39, 0.29) is 18.8 Å². The summed E-state index contributed by atoms with van der Waals surface area (Å²) >= 11 is 0. The summed E-state index contributed by atoms with van der Waals surface area (Å²) in [5, 5.41) is 41.4. The highest BCUT2D eigenvalue weighted by Crippen LogP contribution is 2.40. The number of likely N-dealkylation sites (tertiary alicyclic amines) is 1. The molecule has 0 amide bonds. The lowest BCUT2D eigenvalue weighted by molar-refractivity contribution is -0.165. The highest BCUT2D eigenvalue weighted by molar-refractivity contribution is 5.83. The Bertz CT molecular complexity index is 1540. The predicted molar refractivity (Wildman–Crippen MR) is 163 cm³/mol. The summed E-state index contributed by atoms with van der Waals surface area (Å²) < 4.78 is 17.6. The molecule has 46 heavy (non-hydrogen) atoms. The van der Waals surface area contributed by atoms with Crippen LogP contribution in [0.4, 0.5) is 0 Å². The Balaban J connectivity index is 0.000000416. The summed E-state index contributed by atoms with van der Waals surface area (Å²) in [6.07, 6.45) is -3.72. The van der Waals surface area contributed by atoms with E-state index in [1.54, 1.807) is 13.2 Å². The second-order valence-electron chi connectivity index (χ2n) is 10.4. The molecule has 13 heteroatoms. The van der Waals surface area contributed by atoms with Gasteiger partial charge in [-0.05, 0) is 24.1 Å². The van der Waals surface area contributed by atoms with Crippen molar-refractivity contribution in [3.8, 4) is 28.3 Å². The Morgan fingerprint density at radius 2 is 1.50 bits per heavy atom. The number of rotatable bonds is 12. The zero-order valence-corrected chi connectivity index (χ0v) is 24.8. The fraction of sp³-hybridized carbons (Fsp3) is 0.273. The molecule has 2 heterocycles. The number of nitrogens with zero attached hydrogens (tertiary/aromatic N) is 2. The zero-order valence-electron chi connectivity index (χ0n) is 24.8. The number of ether oxygens (including phenoxy) is 2. The summed E-state index contributed by atoms with van der Waals surface area (Å²) in [7, 11) is 1.73. The number of aliphatic hydroxyl groups is 2. The first-order valence-electron chi connectivity index (χ1n) is 14.2. The highest BCUT2D eigenvalue weighted by atomic mass is 16.5. The quantitative estimate of drug-likeness (QED) is 0.152. The number of oxazole rings is 1. The van der Waals surface area contributed by atoms with Crippen molar-refractivity contribution in [2.75, 3.05) is 20.3 Å². The first kappa shape index (κ1) is 33.8. The molecule has 3 aromatic carbocycles. The standard InChI is InChI=1S/C29H28N2O5.C4H6O6/c1-34-24-16-25(31(18-24)17-20-9-8-14-23(15-20)35-19-26(32)33)29-30-27(21-10-4-2-5-11-21)28(36-29)22-12-6-3-7-13-22;5-1(3(7)8)2(6)4(9)10/h2-15,24-25H,16-19H2,1H3,(H,32,33);1-2,5-6H,(H,7,8)(H,9,10)/t24-,25+;/m1./s1. The monoisotopic (exact) mass is 634 g/mol. The summed E-state index contributed by atoms with van der Waals surface area (Å²) in [5.41, 5.74) is 3.81. The molecule has 0 radical (unpaired) electrons. The van der Waals surface area contributed by atoms with E-state index in [4.69, 9.17) is 44.4 Å². The van der Waals surface area contributed by atoms with Crippen LogP contribution in [0.15, 0.2) is 89.3 Å². The second kappa shape index (κ2) is 15.8. The van der Waals surface area contributed by atoms with Gasteiger partial charge in [-0.2, -0.15) is 0 Å². The Morgan fingerprint density at radius 1 is 0.891 bits per heavy atom. The van der Waals surface area contributed by atoms with E-state index < -0.39 is 30.1 Å². The molecule has 2 unspecified atom stereocenters. The Labute approximate surface area is 263 Å². The SMILES string of the molecule is CO[C@@H]1C[C@@H](c2nc(-c3ccccc3)c(-c3ccccc3)o2)N(Cc2cccc(OCC(=O)O)c2)C1.O=C(O)C(O)C(O)C(=O)O. The molecular formula is C33H34N2O11. The van der Waals surface area contributed by atoms with E-state index in [0.29, 0.717) is 18.2 Å². The largest absolute Gasteiger partial charge is 0.482 e.